The molecule has 9 nitrogen and oxygen atoms in total. The maximum absolute atomic E-state index is 11.5. The summed E-state index contributed by atoms with van der Waals surface area (Å²) in [4.78, 5) is 32.3. The summed E-state index contributed by atoms with van der Waals surface area (Å²) in [6, 6.07) is 5.81. The number of carbonyl (C=O) groups excluding carboxylic acids is 1. The molecular weight excluding hydrogens is 324 g/mol. The summed E-state index contributed by atoms with van der Waals surface area (Å²) in [6.07, 6.45) is -0.291. The Bertz CT molecular complexity index is 714. The molecule has 0 aromatic heterocycles. The van der Waals surface area contributed by atoms with Crippen LogP contribution in [0.1, 0.15) is 18.9 Å². The molecule has 1 heterocycles. The Balaban J connectivity index is 2.08. The monoisotopic (exact) mass is 336 g/mol. The van der Waals surface area contributed by atoms with Crippen LogP contribution in [0.3, 0.4) is 0 Å². The minimum absolute atomic E-state index is 0.0250. The van der Waals surface area contributed by atoms with Crippen molar-refractivity contribution in [1.82, 2.24) is 5.32 Å². The number of carboxylic acid groups (broad SMARTS) is 1. The fraction of sp³-hybridized carbons (Fsp3) is 0.231. The zero-order chi connectivity index (χ0) is 17.0. The van der Waals surface area contributed by atoms with Gasteiger partial charge in [-0.05, 0) is 24.6 Å². The van der Waals surface area contributed by atoms with Gasteiger partial charge in [0.05, 0.1) is 17.1 Å². The van der Waals surface area contributed by atoms with E-state index in [-0.39, 0.29) is 17.3 Å². The first-order valence-corrected chi connectivity index (χ1v) is 7.31. The van der Waals surface area contributed by atoms with Gasteiger partial charge in [0.25, 0.3) is 5.69 Å². The first-order chi connectivity index (χ1) is 10.9. The van der Waals surface area contributed by atoms with Crippen molar-refractivity contribution >= 4 is 40.2 Å². The van der Waals surface area contributed by atoms with Crippen molar-refractivity contribution in [2.75, 3.05) is 0 Å². The number of amides is 1. The Morgan fingerprint density at radius 3 is 2.65 bits per heavy atom. The molecular formula is C13H12N4O5S. The van der Waals surface area contributed by atoms with E-state index in [1.165, 1.54) is 12.1 Å². The van der Waals surface area contributed by atoms with Gasteiger partial charge in [0.1, 0.15) is 5.25 Å². The molecule has 0 radical (unpaired) electrons. The zero-order valence-corrected chi connectivity index (χ0v) is 12.7. The van der Waals surface area contributed by atoms with E-state index in [2.05, 4.69) is 15.5 Å². The van der Waals surface area contributed by atoms with Crippen LogP contribution in [0.25, 0.3) is 0 Å². The van der Waals surface area contributed by atoms with E-state index in [0.717, 1.165) is 11.8 Å². The van der Waals surface area contributed by atoms with Crippen molar-refractivity contribution in [1.29, 1.82) is 0 Å². The van der Waals surface area contributed by atoms with Crippen LogP contribution in [-0.4, -0.2) is 38.0 Å². The molecule has 1 aromatic rings. The van der Waals surface area contributed by atoms with E-state index in [9.17, 15) is 19.7 Å². The SMILES string of the molecule is C/C(=N\N=C1\NC(=O)[C@@H](CC(=O)O)S1)c1ccc([N+](=O)[O-])cc1. The Labute approximate surface area is 134 Å². The maximum Gasteiger partial charge on any atom is 0.305 e. The van der Waals surface area contributed by atoms with Gasteiger partial charge in [0, 0.05) is 12.1 Å². The number of benzene rings is 1. The van der Waals surface area contributed by atoms with Gasteiger partial charge in [-0.3, -0.25) is 19.7 Å². The second-order valence-electron chi connectivity index (χ2n) is 4.59. The molecule has 10 heteroatoms. The van der Waals surface area contributed by atoms with Crippen LogP contribution in [0.5, 0.6) is 0 Å². The lowest BCUT2D eigenvalue weighted by atomic mass is 10.1. The van der Waals surface area contributed by atoms with Crippen LogP contribution in [-0.2, 0) is 9.59 Å². The van der Waals surface area contributed by atoms with Gasteiger partial charge in [0.2, 0.25) is 5.91 Å². The van der Waals surface area contributed by atoms with E-state index < -0.39 is 22.0 Å². The fourth-order valence-corrected chi connectivity index (χ4v) is 2.66. The summed E-state index contributed by atoms with van der Waals surface area (Å²) in [5.41, 5.74) is 1.13. The number of carboxylic acids is 1. The van der Waals surface area contributed by atoms with Gasteiger partial charge in [-0.2, -0.15) is 5.10 Å². The largest absolute Gasteiger partial charge is 0.481 e. The van der Waals surface area contributed by atoms with Crippen molar-refractivity contribution in [2.24, 2.45) is 10.2 Å². The third-order valence-electron chi connectivity index (χ3n) is 2.92. The summed E-state index contributed by atoms with van der Waals surface area (Å²) < 4.78 is 0. The Hall–Kier alpha value is -2.75. The number of amidine groups is 1. The third kappa shape index (κ3) is 4.36. The standard InChI is InChI=1S/C13H12N4O5S/c1-7(8-2-4-9(5-3-8)17(21)22)15-16-13-14-12(20)10(23-13)6-11(18)19/h2-5,10H,6H2,1H3,(H,18,19)(H,14,16,20)/b15-7+/t10-/m1/s1. The number of aliphatic carboxylic acids is 1. The van der Waals surface area contributed by atoms with Gasteiger partial charge in [-0.15, -0.1) is 5.10 Å². The first-order valence-electron chi connectivity index (χ1n) is 6.43. The van der Waals surface area contributed by atoms with Gasteiger partial charge >= 0.3 is 5.97 Å². The number of nitrogens with one attached hydrogen (secondary N) is 1. The molecule has 0 saturated carbocycles. The third-order valence-corrected chi connectivity index (χ3v) is 4.00. The number of thioether (sulfide) groups is 1. The number of nitro benzene ring substituents is 1. The number of hydrogen-bond acceptors (Lipinski definition) is 7. The van der Waals surface area contributed by atoms with Gasteiger partial charge in [-0.1, -0.05) is 11.8 Å². The molecule has 1 atom stereocenters. The molecule has 1 amide bonds. The predicted molar refractivity (Wildman–Crippen MR) is 84.5 cm³/mol. The van der Waals surface area contributed by atoms with Crippen LogP contribution in [0.15, 0.2) is 34.5 Å². The van der Waals surface area contributed by atoms with Crippen LogP contribution in [0.4, 0.5) is 5.69 Å². The highest BCUT2D eigenvalue weighted by Gasteiger charge is 2.32. The predicted octanol–water partition coefficient (Wildman–Crippen LogP) is 1.38. The van der Waals surface area contributed by atoms with Crippen LogP contribution < -0.4 is 5.32 Å². The van der Waals surface area contributed by atoms with Gasteiger partial charge in [-0.25, -0.2) is 0 Å². The normalized spacial score (nSPS) is 19.7. The fourth-order valence-electron chi connectivity index (χ4n) is 1.75. The molecule has 2 N–H and O–H groups in total. The molecule has 1 aliphatic rings. The van der Waals surface area contributed by atoms with Crippen LogP contribution in [0.2, 0.25) is 0 Å². The maximum atomic E-state index is 11.5. The lowest BCUT2D eigenvalue weighted by Gasteiger charge is -1.99. The van der Waals surface area contributed by atoms with Crippen molar-refractivity contribution in [3.63, 3.8) is 0 Å². The Kier molecular flexibility index (Phi) is 5.06. The van der Waals surface area contributed by atoms with Gasteiger partial charge < -0.3 is 10.4 Å². The summed E-state index contributed by atoms with van der Waals surface area (Å²) in [5, 5.41) is 29.1. The highest BCUT2D eigenvalue weighted by molar-refractivity contribution is 8.15. The van der Waals surface area contributed by atoms with Crippen LogP contribution in [0, 0.1) is 10.1 Å². The highest BCUT2D eigenvalue weighted by atomic mass is 32.2. The Morgan fingerprint density at radius 1 is 1.43 bits per heavy atom. The zero-order valence-electron chi connectivity index (χ0n) is 11.9. The number of nitrogens with zero attached hydrogens (tertiary/aromatic N) is 3. The van der Waals surface area contributed by atoms with E-state index in [0.29, 0.717) is 11.3 Å². The second kappa shape index (κ2) is 7.01. The topological polar surface area (TPSA) is 134 Å². The van der Waals surface area contributed by atoms with E-state index >= 15 is 0 Å². The van der Waals surface area contributed by atoms with Crippen molar-refractivity contribution < 1.29 is 19.6 Å². The van der Waals surface area contributed by atoms with Crippen LogP contribution >= 0.6 is 11.8 Å². The highest BCUT2D eigenvalue weighted by Crippen LogP contribution is 2.22. The van der Waals surface area contributed by atoms with E-state index in [1.54, 1.807) is 19.1 Å². The lowest BCUT2D eigenvalue weighted by Crippen LogP contribution is -2.26. The molecule has 2 rings (SSSR count). The lowest BCUT2D eigenvalue weighted by molar-refractivity contribution is -0.384. The molecule has 0 bridgehead atoms. The molecule has 1 aliphatic heterocycles. The number of rotatable bonds is 5. The van der Waals surface area contributed by atoms with E-state index in [1.807, 2.05) is 0 Å². The van der Waals surface area contributed by atoms with E-state index in [4.69, 9.17) is 5.11 Å². The van der Waals surface area contributed by atoms with Gasteiger partial charge in [0.15, 0.2) is 5.17 Å². The molecule has 0 unspecified atom stereocenters. The summed E-state index contributed by atoms with van der Waals surface area (Å²) in [6.45, 7) is 1.67. The minimum atomic E-state index is -1.07. The molecule has 0 aliphatic carbocycles. The molecule has 120 valence electrons. The first kappa shape index (κ1) is 16.6. The average Bonchev–Trinajstić information content (AvgIpc) is 2.84. The molecule has 1 saturated heterocycles. The van der Waals surface area contributed by atoms with Crippen molar-refractivity contribution in [2.45, 2.75) is 18.6 Å². The molecule has 1 aromatic carbocycles. The smallest absolute Gasteiger partial charge is 0.305 e. The molecule has 1 fully saturated rings. The molecule has 23 heavy (non-hydrogen) atoms. The molecule has 0 spiro atoms. The van der Waals surface area contributed by atoms with Crippen molar-refractivity contribution in [3.8, 4) is 0 Å². The quantitative estimate of drug-likeness (QED) is 0.474. The number of hydrogen-bond donors (Lipinski definition) is 2. The number of non-ortho nitro benzene ring substituents is 1. The summed E-state index contributed by atoms with van der Waals surface area (Å²) in [7, 11) is 0. The second-order valence-corrected chi connectivity index (χ2v) is 5.78. The summed E-state index contributed by atoms with van der Waals surface area (Å²) in [5.74, 6) is -1.48. The number of nitro groups is 1. The Morgan fingerprint density at radius 2 is 2.09 bits per heavy atom. The minimum Gasteiger partial charge on any atom is -0.481 e. The van der Waals surface area contributed by atoms with Crippen molar-refractivity contribution in [3.05, 3.63) is 39.9 Å². The average molecular weight is 336 g/mol. The number of carbonyl (C=O) groups is 2. The summed E-state index contributed by atoms with van der Waals surface area (Å²) >= 11 is 1.00.